The molecule has 0 saturated carbocycles. The van der Waals surface area contributed by atoms with Crippen molar-refractivity contribution in [2.45, 2.75) is 71.5 Å². The van der Waals surface area contributed by atoms with Crippen LogP contribution >= 0.6 is 0 Å². The number of nitrogens with zero attached hydrogens (tertiary/aromatic N) is 2. The van der Waals surface area contributed by atoms with Gasteiger partial charge in [-0.2, -0.15) is 0 Å². The number of allylic oxidation sites excluding steroid dienone is 14. The SMILES string of the molecule is CC1(C)C2=C(OC3C=CC=CC31)C(N(c1ccccc1)c1ccc3c4c1C=CC1=CC=C(N(C5=CC=CC6C5OC5=C(C=CC5)C6(C)C)c5ccccc5)C(CC3)C14)=CC2. The predicted octanol–water partition coefficient (Wildman–Crippen LogP) is 13.2. The van der Waals surface area contributed by atoms with E-state index in [1.54, 1.807) is 0 Å². The topological polar surface area (TPSA) is 24.9 Å². The fourth-order valence-corrected chi connectivity index (χ4v) is 12.2. The smallest absolute Gasteiger partial charge is 0.145 e. The summed E-state index contributed by atoms with van der Waals surface area (Å²) in [6, 6.07) is 26.8. The van der Waals surface area contributed by atoms with E-state index in [1.807, 2.05) is 0 Å². The molecule has 3 aromatic rings. The first-order valence-corrected chi connectivity index (χ1v) is 22.2. The molecule has 0 fully saturated rings. The monoisotopic (exact) mass is 784 g/mol. The zero-order valence-electron chi connectivity index (χ0n) is 35.0. The Kier molecular flexibility index (Phi) is 7.93. The second-order valence-corrected chi connectivity index (χ2v) is 19.0. The second kappa shape index (κ2) is 13.2. The largest absolute Gasteiger partial charge is 0.487 e. The van der Waals surface area contributed by atoms with Crippen molar-refractivity contribution < 1.29 is 9.47 Å². The van der Waals surface area contributed by atoms with Crippen molar-refractivity contribution in [1.29, 1.82) is 0 Å². The quantitative estimate of drug-likeness (QED) is 0.249. The minimum atomic E-state index is -0.0832. The molecular weight excluding hydrogens is 733 g/mol. The van der Waals surface area contributed by atoms with Crippen molar-refractivity contribution in [3.8, 4) is 0 Å². The van der Waals surface area contributed by atoms with Gasteiger partial charge < -0.3 is 19.3 Å². The van der Waals surface area contributed by atoms with Gasteiger partial charge in [0.25, 0.3) is 0 Å². The first-order chi connectivity index (χ1) is 29.3. The van der Waals surface area contributed by atoms with Crippen LogP contribution in [0.2, 0.25) is 0 Å². The summed E-state index contributed by atoms with van der Waals surface area (Å²) in [5.74, 6) is 3.24. The summed E-state index contributed by atoms with van der Waals surface area (Å²) in [6.07, 6.45) is 36.3. The molecule has 2 heterocycles. The lowest BCUT2D eigenvalue weighted by Gasteiger charge is -2.50. The van der Waals surface area contributed by atoms with E-state index < -0.39 is 0 Å². The van der Waals surface area contributed by atoms with E-state index in [-0.39, 0.29) is 40.8 Å². The van der Waals surface area contributed by atoms with Gasteiger partial charge in [-0.25, -0.2) is 0 Å². The molecule has 6 unspecified atom stereocenters. The van der Waals surface area contributed by atoms with Gasteiger partial charge in [-0.05, 0) is 95.7 Å². The van der Waals surface area contributed by atoms with Crippen LogP contribution in [0.1, 0.15) is 69.6 Å². The van der Waals surface area contributed by atoms with Gasteiger partial charge in [-0.1, -0.05) is 137 Å². The molecule has 0 amide bonds. The number of hydrogen-bond donors (Lipinski definition) is 0. The van der Waals surface area contributed by atoms with Crippen molar-refractivity contribution in [2.24, 2.45) is 28.6 Å². The molecule has 4 heteroatoms. The Balaban J connectivity index is 0.970. The number of aryl methyl sites for hydroxylation is 1. The maximum atomic E-state index is 7.08. The Morgan fingerprint density at radius 1 is 0.667 bits per heavy atom. The van der Waals surface area contributed by atoms with Crippen LogP contribution in [0.5, 0.6) is 0 Å². The first-order valence-electron chi connectivity index (χ1n) is 22.2. The summed E-state index contributed by atoms with van der Waals surface area (Å²) in [5, 5.41) is 0. The van der Waals surface area contributed by atoms with E-state index in [4.69, 9.17) is 9.47 Å². The molecule has 0 radical (unpaired) electrons. The summed E-state index contributed by atoms with van der Waals surface area (Å²) >= 11 is 0. The third-order valence-corrected chi connectivity index (χ3v) is 15.3. The molecule has 298 valence electrons. The summed E-state index contributed by atoms with van der Waals surface area (Å²) in [7, 11) is 0. The number of anilines is 3. The van der Waals surface area contributed by atoms with E-state index in [0.29, 0.717) is 5.92 Å². The highest BCUT2D eigenvalue weighted by Crippen LogP contribution is 2.58. The predicted molar refractivity (Wildman–Crippen MR) is 244 cm³/mol. The van der Waals surface area contributed by atoms with Crippen LogP contribution < -0.4 is 9.80 Å². The summed E-state index contributed by atoms with van der Waals surface area (Å²) in [4.78, 5) is 5.07. The molecular formula is C56H52N2O2. The van der Waals surface area contributed by atoms with Gasteiger partial charge in [-0.3, -0.25) is 0 Å². The lowest BCUT2D eigenvalue weighted by molar-refractivity contribution is 0.0353. The van der Waals surface area contributed by atoms with E-state index in [1.165, 1.54) is 56.2 Å². The zero-order valence-corrected chi connectivity index (χ0v) is 35.0. The number of ether oxygens (including phenoxy) is 2. The van der Waals surface area contributed by atoms with Gasteiger partial charge >= 0.3 is 0 Å². The average Bonchev–Trinajstić information content (AvgIpc) is 3.94. The van der Waals surface area contributed by atoms with Crippen LogP contribution in [-0.4, -0.2) is 12.2 Å². The van der Waals surface area contributed by atoms with Crippen LogP contribution in [-0.2, 0) is 15.9 Å². The van der Waals surface area contributed by atoms with E-state index in [2.05, 4.69) is 195 Å². The Morgan fingerprint density at radius 3 is 2.25 bits per heavy atom. The van der Waals surface area contributed by atoms with E-state index in [0.717, 1.165) is 48.6 Å². The second-order valence-electron chi connectivity index (χ2n) is 19.0. The molecule has 0 saturated heterocycles. The van der Waals surface area contributed by atoms with E-state index in [9.17, 15) is 0 Å². The molecule has 3 aromatic carbocycles. The highest BCUT2D eigenvalue weighted by atomic mass is 16.5. The van der Waals surface area contributed by atoms with Crippen LogP contribution in [0.3, 0.4) is 0 Å². The van der Waals surface area contributed by atoms with Gasteiger partial charge in [0, 0.05) is 63.6 Å². The van der Waals surface area contributed by atoms with Crippen molar-refractivity contribution in [2.75, 3.05) is 9.80 Å². The number of hydrogen-bond acceptors (Lipinski definition) is 4. The number of fused-ring (bicyclic) bond motifs is 2. The average molecular weight is 785 g/mol. The molecule has 6 atom stereocenters. The van der Waals surface area contributed by atoms with Crippen molar-refractivity contribution in [3.63, 3.8) is 0 Å². The first kappa shape index (κ1) is 35.9. The van der Waals surface area contributed by atoms with Gasteiger partial charge in [0.2, 0.25) is 0 Å². The Hall–Kier alpha value is -6.00. The molecule has 0 N–H and O–H groups in total. The molecule has 4 nitrogen and oxygen atoms in total. The van der Waals surface area contributed by atoms with Crippen molar-refractivity contribution in [1.82, 2.24) is 0 Å². The molecule has 0 aromatic heterocycles. The minimum Gasteiger partial charge on any atom is -0.487 e. The molecule has 60 heavy (non-hydrogen) atoms. The number of para-hydroxylation sites is 2. The molecule has 0 bridgehead atoms. The maximum absolute atomic E-state index is 7.08. The maximum Gasteiger partial charge on any atom is 0.145 e. The van der Waals surface area contributed by atoms with Gasteiger partial charge in [0.15, 0.2) is 0 Å². The van der Waals surface area contributed by atoms with Crippen LogP contribution in [0.4, 0.5) is 17.1 Å². The third-order valence-electron chi connectivity index (χ3n) is 15.3. The summed E-state index contributed by atoms with van der Waals surface area (Å²) < 4.78 is 14.1. The summed E-state index contributed by atoms with van der Waals surface area (Å²) in [6.45, 7) is 9.62. The van der Waals surface area contributed by atoms with Gasteiger partial charge in [-0.15, -0.1) is 0 Å². The standard InChI is InChI=1S/C56H52N2O2/c1-55(2)42-20-14-24-50(42)60-53-43(55)21-13-22-47(53)57(37-15-7-5-8-16-37)45-32-27-35-26-30-40-46(33-28-36-25-29-39(45)51(35)52(36)40)58(38-17-9-6-10-18-38)48-34-31-44-54(48)59-49-23-12-11-19-41(49)56(44,3)4/h5-23,26-28,30,32-34,39,41,43,49,51,53H,24-25,29,31H2,1-4H3. The molecule has 9 aliphatic rings. The third kappa shape index (κ3) is 5.15. The molecule has 12 rings (SSSR count). The van der Waals surface area contributed by atoms with Crippen LogP contribution in [0, 0.1) is 28.6 Å². The van der Waals surface area contributed by atoms with Gasteiger partial charge in [0.1, 0.15) is 23.7 Å². The van der Waals surface area contributed by atoms with Crippen molar-refractivity contribution in [3.05, 3.63) is 214 Å². The summed E-state index contributed by atoms with van der Waals surface area (Å²) in [5.41, 5.74) is 15.6. The van der Waals surface area contributed by atoms with Crippen molar-refractivity contribution >= 4 is 23.1 Å². The number of rotatable bonds is 6. The zero-order chi connectivity index (χ0) is 40.3. The van der Waals surface area contributed by atoms with Crippen LogP contribution in [0.15, 0.2) is 197 Å². The Labute approximate surface area is 355 Å². The lowest BCUT2D eigenvalue weighted by atomic mass is 9.64. The van der Waals surface area contributed by atoms with Gasteiger partial charge in [0.05, 0.1) is 17.1 Å². The normalized spacial score (nSPS) is 28.9. The molecule has 0 spiro atoms. The van der Waals surface area contributed by atoms with E-state index >= 15 is 0 Å². The highest BCUT2D eigenvalue weighted by Gasteiger charge is 2.50. The fraction of sp³-hybridized carbons (Fsp3) is 0.286. The molecule has 7 aliphatic carbocycles. The number of benzene rings is 3. The Morgan fingerprint density at radius 2 is 1.43 bits per heavy atom. The lowest BCUT2D eigenvalue weighted by Crippen LogP contribution is -2.47. The van der Waals surface area contributed by atoms with Crippen LogP contribution in [0.25, 0.3) is 6.08 Å². The highest BCUT2D eigenvalue weighted by molar-refractivity contribution is 5.85. The minimum absolute atomic E-state index is 0.0156. The fourth-order valence-electron chi connectivity index (χ4n) is 12.2. The Bertz CT molecular complexity index is 2690. The molecule has 2 aliphatic heterocycles.